The average Bonchev–Trinajstić information content (AvgIpc) is 3.18. The van der Waals surface area contributed by atoms with Crippen LogP contribution in [0.3, 0.4) is 0 Å². The number of aromatic nitrogens is 2. The fourth-order valence-electron chi connectivity index (χ4n) is 3.44. The maximum absolute atomic E-state index is 13.2. The van der Waals surface area contributed by atoms with Crippen LogP contribution < -0.4 is 9.80 Å². The van der Waals surface area contributed by atoms with Gasteiger partial charge in [-0.2, -0.15) is 0 Å². The lowest BCUT2D eigenvalue weighted by Gasteiger charge is -2.41. The summed E-state index contributed by atoms with van der Waals surface area (Å²) in [6.07, 6.45) is 5.17. The van der Waals surface area contributed by atoms with Crippen molar-refractivity contribution >= 4 is 28.6 Å². The number of hydrogen-bond acceptors (Lipinski definition) is 5. The number of carbonyl (C=O) groups is 1. The minimum atomic E-state index is 0.00712. The first-order chi connectivity index (χ1) is 12.7. The number of likely N-dealkylation sites (N-methyl/N-ethyl adjacent to an activating group) is 1. The van der Waals surface area contributed by atoms with Crippen molar-refractivity contribution in [2.45, 2.75) is 19.9 Å². The van der Waals surface area contributed by atoms with Crippen LogP contribution in [-0.2, 0) is 0 Å². The Hall–Kier alpha value is -2.73. The molecule has 0 bridgehead atoms. The van der Waals surface area contributed by atoms with Gasteiger partial charge in [-0.3, -0.25) is 9.78 Å². The monoisotopic (exact) mass is 364 g/mol. The normalized spacial score (nSPS) is 16.5. The van der Waals surface area contributed by atoms with E-state index in [4.69, 9.17) is 0 Å². The van der Waals surface area contributed by atoms with Crippen LogP contribution in [0.25, 0.3) is 10.6 Å². The Labute approximate surface area is 156 Å². The van der Waals surface area contributed by atoms with Crippen molar-refractivity contribution < 1.29 is 4.79 Å². The van der Waals surface area contributed by atoms with E-state index in [-0.39, 0.29) is 11.9 Å². The van der Waals surface area contributed by atoms with Gasteiger partial charge in [-0.15, -0.1) is 11.3 Å². The Bertz CT molecular complexity index is 924. The molecule has 0 N–H and O–H groups in total. The predicted octanol–water partition coefficient (Wildman–Crippen LogP) is 4.08. The van der Waals surface area contributed by atoms with E-state index in [9.17, 15) is 4.79 Å². The fraction of sp³-hybridized carbons (Fsp3) is 0.250. The number of rotatable bonds is 3. The second-order valence-electron chi connectivity index (χ2n) is 6.31. The van der Waals surface area contributed by atoms with E-state index in [1.807, 2.05) is 35.2 Å². The lowest BCUT2D eigenvalue weighted by Crippen LogP contribution is -2.49. The predicted molar refractivity (Wildman–Crippen MR) is 106 cm³/mol. The largest absolute Gasteiger partial charge is 0.366 e. The molecule has 3 heterocycles. The van der Waals surface area contributed by atoms with Gasteiger partial charge in [0.15, 0.2) is 0 Å². The minimum Gasteiger partial charge on any atom is -0.366 e. The summed E-state index contributed by atoms with van der Waals surface area (Å²) in [5.74, 6) is 0.00712. The molecule has 0 saturated heterocycles. The number of hydrogen-bond donors (Lipinski definition) is 0. The van der Waals surface area contributed by atoms with Crippen molar-refractivity contribution in [3.05, 3.63) is 59.9 Å². The second kappa shape index (κ2) is 6.88. The topological polar surface area (TPSA) is 49.3 Å². The van der Waals surface area contributed by atoms with Gasteiger partial charge in [0, 0.05) is 37.1 Å². The summed E-state index contributed by atoms with van der Waals surface area (Å²) in [5.41, 5.74) is 3.01. The first kappa shape index (κ1) is 16.7. The van der Waals surface area contributed by atoms with Crippen LogP contribution >= 0.6 is 11.3 Å². The van der Waals surface area contributed by atoms with Crippen LogP contribution in [0.1, 0.15) is 23.5 Å². The number of carbonyl (C=O) groups excluding carboxylic acids is 1. The number of fused-ring (bicyclic) bond motifs is 1. The first-order valence-corrected chi connectivity index (χ1v) is 9.54. The molecule has 1 atom stereocenters. The van der Waals surface area contributed by atoms with Gasteiger partial charge in [-0.25, -0.2) is 4.98 Å². The van der Waals surface area contributed by atoms with E-state index < -0.39 is 0 Å². The third kappa shape index (κ3) is 2.86. The Morgan fingerprint density at radius 3 is 2.73 bits per heavy atom. The van der Waals surface area contributed by atoms with Gasteiger partial charge in [-0.1, -0.05) is 12.1 Å². The van der Waals surface area contributed by atoms with Crippen molar-refractivity contribution in [3.8, 4) is 10.6 Å². The summed E-state index contributed by atoms with van der Waals surface area (Å²) in [5, 5.41) is 0.815. The summed E-state index contributed by atoms with van der Waals surface area (Å²) in [4.78, 5) is 26.6. The summed E-state index contributed by atoms with van der Waals surface area (Å²) in [6.45, 7) is 5.90. The van der Waals surface area contributed by atoms with Crippen LogP contribution in [0.5, 0.6) is 0 Å². The molecule has 0 saturated carbocycles. The molecule has 3 aromatic rings. The van der Waals surface area contributed by atoms with Crippen molar-refractivity contribution in [1.29, 1.82) is 0 Å². The van der Waals surface area contributed by atoms with E-state index >= 15 is 0 Å². The molecule has 26 heavy (non-hydrogen) atoms. The van der Waals surface area contributed by atoms with E-state index in [0.717, 1.165) is 28.5 Å². The SMILES string of the molecule is CCN1c2ccccc2N(C(=O)c2cnc(-c3cccnc3)s2)C[C@@H]1C. The van der Waals surface area contributed by atoms with Gasteiger partial charge in [0.25, 0.3) is 5.91 Å². The highest BCUT2D eigenvalue weighted by atomic mass is 32.1. The Morgan fingerprint density at radius 2 is 2.00 bits per heavy atom. The molecular weight excluding hydrogens is 344 g/mol. The lowest BCUT2D eigenvalue weighted by molar-refractivity contribution is 0.0988. The molecular formula is C20H20N4OS. The molecule has 1 aliphatic rings. The molecule has 4 rings (SSSR count). The van der Waals surface area contributed by atoms with Crippen LogP contribution in [0.4, 0.5) is 11.4 Å². The number of anilines is 2. The maximum atomic E-state index is 13.2. The summed E-state index contributed by atoms with van der Waals surface area (Å²) >= 11 is 1.41. The average molecular weight is 364 g/mol. The first-order valence-electron chi connectivity index (χ1n) is 8.72. The van der Waals surface area contributed by atoms with Gasteiger partial charge in [0.05, 0.1) is 17.6 Å². The van der Waals surface area contributed by atoms with Crippen LogP contribution in [0, 0.1) is 0 Å². The highest BCUT2D eigenvalue weighted by molar-refractivity contribution is 7.17. The maximum Gasteiger partial charge on any atom is 0.270 e. The third-order valence-corrected chi connectivity index (χ3v) is 5.71. The van der Waals surface area contributed by atoms with E-state index in [2.05, 4.69) is 34.8 Å². The molecule has 1 aliphatic heterocycles. The number of benzene rings is 1. The highest BCUT2D eigenvalue weighted by Gasteiger charge is 2.31. The smallest absolute Gasteiger partial charge is 0.270 e. The van der Waals surface area contributed by atoms with Gasteiger partial charge >= 0.3 is 0 Å². The number of para-hydroxylation sites is 2. The Morgan fingerprint density at radius 1 is 1.19 bits per heavy atom. The zero-order chi connectivity index (χ0) is 18.1. The second-order valence-corrected chi connectivity index (χ2v) is 7.34. The molecule has 0 fully saturated rings. The van der Waals surface area contributed by atoms with Crippen molar-refractivity contribution in [1.82, 2.24) is 9.97 Å². The van der Waals surface area contributed by atoms with E-state index in [0.29, 0.717) is 11.4 Å². The Kier molecular flexibility index (Phi) is 4.42. The van der Waals surface area contributed by atoms with Crippen LogP contribution in [-0.4, -0.2) is 35.0 Å². The number of nitrogens with zero attached hydrogens (tertiary/aromatic N) is 4. The standard InChI is InChI=1S/C20H20N4OS/c1-3-23-14(2)13-24(17-9-5-4-8-16(17)23)20(25)18-12-22-19(26-18)15-7-6-10-21-11-15/h4-12,14H,3,13H2,1-2H3/t14-/m0/s1. The van der Waals surface area contributed by atoms with E-state index in [1.165, 1.54) is 11.3 Å². The number of amides is 1. The molecule has 132 valence electrons. The molecule has 2 aromatic heterocycles. The highest BCUT2D eigenvalue weighted by Crippen LogP contribution is 2.36. The lowest BCUT2D eigenvalue weighted by atomic mass is 10.1. The van der Waals surface area contributed by atoms with Crippen molar-refractivity contribution in [2.24, 2.45) is 0 Å². The molecule has 1 amide bonds. The number of thiazole rings is 1. The molecule has 6 heteroatoms. The van der Waals surface area contributed by atoms with Gasteiger partial charge in [0.1, 0.15) is 9.88 Å². The van der Waals surface area contributed by atoms with Gasteiger partial charge < -0.3 is 9.80 Å². The minimum absolute atomic E-state index is 0.00712. The summed E-state index contributed by atoms with van der Waals surface area (Å²) in [6, 6.07) is 12.2. The molecule has 0 spiro atoms. The molecule has 1 aromatic carbocycles. The summed E-state index contributed by atoms with van der Waals surface area (Å²) in [7, 11) is 0. The van der Waals surface area contributed by atoms with E-state index in [1.54, 1.807) is 18.6 Å². The Balaban J connectivity index is 1.68. The van der Waals surface area contributed by atoms with Crippen LogP contribution in [0.15, 0.2) is 55.0 Å². The zero-order valence-corrected chi connectivity index (χ0v) is 15.6. The third-order valence-electron chi connectivity index (χ3n) is 4.67. The van der Waals surface area contributed by atoms with Gasteiger partial charge in [-0.05, 0) is 38.1 Å². The van der Waals surface area contributed by atoms with Gasteiger partial charge in [0.2, 0.25) is 0 Å². The molecule has 0 unspecified atom stereocenters. The quantitative estimate of drug-likeness (QED) is 0.703. The number of pyridine rings is 1. The molecule has 0 aliphatic carbocycles. The molecule has 5 nitrogen and oxygen atoms in total. The summed E-state index contributed by atoms with van der Waals surface area (Å²) < 4.78 is 0. The van der Waals surface area contributed by atoms with Crippen molar-refractivity contribution in [3.63, 3.8) is 0 Å². The molecule has 0 radical (unpaired) electrons. The van der Waals surface area contributed by atoms with Crippen molar-refractivity contribution in [2.75, 3.05) is 22.9 Å². The zero-order valence-electron chi connectivity index (χ0n) is 14.8. The van der Waals surface area contributed by atoms with Crippen LogP contribution in [0.2, 0.25) is 0 Å². The fourth-order valence-corrected chi connectivity index (χ4v) is 4.29.